The van der Waals surface area contributed by atoms with Gasteiger partial charge in [-0.2, -0.15) is 0 Å². The molecular formula is C32H66. The highest BCUT2D eigenvalue weighted by molar-refractivity contribution is 5.08. The van der Waals surface area contributed by atoms with Crippen LogP contribution >= 0.6 is 0 Å². The third kappa shape index (κ3) is 8.34. The molecule has 6 unspecified atom stereocenters. The lowest BCUT2D eigenvalue weighted by Gasteiger charge is -2.66. The lowest BCUT2D eigenvalue weighted by Crippen LogP contribution is -2.61. The summed E-state index contributed by atoms with van der Waals surface area (Å²) in [4.78, 5) is 0. The average molecular weight is 451 g/mol. The quantitative estimate of drug-likeness (QED) is 0.361. The van der Waals surface area contributed by atoms with Crippen LogP contribution in [0.5, 0.6) is 0 Å². The van der Waals surface area contributed by atoms with Gasteiger partial charge in [0.15, 0.2) is 0 Å². The van der Waals surface area contributed by atoms with Gasteiger partial charge in [-0.05, 0) is 59.2 Å². The van der Waals surface area contributed by atoms with Gasteiger partial charge < -0.3 is 0 Å². The van der Waals surface area contributed by atoms with Gasteiger partial charge in [0.1, 0.15) is 0 Å². The molecule has 0 saturated heterocycles. The standard InChI is InChI=1S/C17H32.C7H16.C6H12.C2H6/c1-7-17(14(6)15-9-8-10-15)13(5)12(4)16(17)11(2)3;1-4-6-7(3)5-2;1-6-4-2-3-5-6;1-2/h11-16H,7-10H2,1-6H3;7H,4-6H2,1-3H3;6H,2-5H2,1H3;1-2H3. The second kappa shape index (κ2) is 16.6. The van der Waals surface area contributed by atoms with Crippen molar-refractivity contribution in [3.8, 4) is 0 Å². The van der Waals surface area contributed by atoms with E-state index in [0.29, 0.717) is 5.41 Å². The Bertz CT molecular complexity index is 427. The highest BCUT2D eigenvalue weighted by atomic mass is 14.6. The summed E-state index contributed by atoms with van der Waals surface area (Å²) in [7, 11) is 0. The van der Waals surface area contributed by atoms with Crippen LogP contribution in [0.4, 0.5) is 0 Å². The first-order chi connectivity index (χ1) is 15.2. The Morgan fingerprint density at radius 1 is 0.781 bits per heavy atom. The molecular weight excluding hydrogens is 384 g/mol. The summed E-state index contributed by atoms with van der Waals surface area (Å²) in [6, 6.07) is 0. The van der Waals surface area contributed by atoms with Crippen LogP contribution in [0.1, 0.15) is 154 Å². The highest BCUT2D eigenvalue weighted by Crippen LogP contribution is 2.66. The maximum atomic E-state index is 2.57. The SMILES string of the molecule is CC.CC1CCCC1.CCC1(C(C)C2CCC2)C(C)C(C)C1C(C)C.CCCC(C)CC. The molecule has 6 atom stereocenters. The second-order valence-corrected chi connectivity index (χ2v) is 12.1. The molecule has 3 aliphatic rings. The van der Waals surface area contributed by atoms with E-state index < -0.39 is 0 Å². The van der Waals surface area contributed by atoms with E-state index in [2.05, 4.69) is 69.2 Å². The molecule has 0 heterocycles. The summed E-state index contributed by atoms with van der Waals surface area (Å²) in [5.74, 6) is 7.72. The monoisotopic (exact) mass is 451 g/mol. The van der Waals surface area contributed by atoms with Crippen LogP contribution in [0.2, 0.25) is 0 Å². The van der Waals surface area contributed by atoms with E-state index in [1.54, 1.807) is 0 Å². The molecule has 3 aliphatic carbocycles. The molecule has 0 N–H and O–H groups in total. The third-order valence-electron chi connectivity index (χ3n) is 9.98. The van der Waals surface area contributed by atoms with E-state index in [9.17, 15) is 0 Å². The van der Waals surface area contributed by atoms with Gasteiger partial charge >= 0.3 is 0 Å². The first-order valence-electron chi connectivity index (χ1n) is 15.2. The highest BCUT2D eigenvalue weighted by Gasteiger charge is 2.60. The Morgan fingerprint density at radius 2 is 1.31 bits per heavy atom. The van der Waals surface area contributed by atoms with Crippen LogP contribution in [0, 0.1) is 52.8 Å². The predicted octanol–water partition coefficient (Wildman–Crippen LogP) is 11.4. The fourth-order valence-electron chi connectivity index (χ4n) is 7.51. The largest absolute Gasteiger partial charge is 0.0683 e. The summed E-state index contributed by atoms with van der Waals surface area (Å²) in [5.41, 5.74) is 0.665. The van der Waals surface area contributed by atoms with Crippen LogP contribution in [-0.4, -0.2) is 0 Å². The zero-order chi connectivity index (χ0) is 24.9. The van der Waals surface area contributed by atoms with Crippen molar-refractivity contribution in [2.75, 3.05) is 0 Å². The lowest BCUT2D eigenvalue weighted by atomic mass is 9.38. The van der Waals surface area contributed by atoms with Crippen molar-refractivity contribution < 1.29 is 0 Å². The minimum absolute atomic E-state index is 0.665. The molecule has 0 nitrogen and oxygen atoms in total. The van der Waals surface area contributed by atoms with Crippen LogP contribution in [0.15, 0.2) is 0 Å². The first-order valence-corrected chi connectivity index (χ1v) is 15.2. The molecule has 3 rings (SSSR count). The summed E-state index contributed by atoms with van der Waals surface area (Å²) in [6.07, 6.45) is 15.9. The van der Waals surface area contributed by atoms with Gasteiger partial charge in [-0.3, -0.25) is 0 Å². The lowest BCUT2D eigenvalue weighted by molar-refractivity contribution is -0.185. The molecule has 0 aromatic heterocycles. The summed E-state index contributed by atoms with van der Waals surface area (Å²) >= 11 is 0. The molecule has 194 valence electrons. The van der Waals surface area contributed by atoms with Crippen LogP contribution in [-0.2, 0) is 0 Å². The molecule has 0 amide bonds. The van der Waals surface area contributed by atoms with Gasteiger partial charge in [0.05, 0.1) is 0 Å². The Labute approximate surface area is 206 Å². The topological polar surface area (TPSA) is 0 Å². The number of hydrogen-bond acceptors (Lipinski definition) is 0. The van der Waals surface area contributed by atoms with Crippen molar-refractivity contribution in [3.63, 3.8) is 0 Å². The summed E-state index contributed by atoms with van der Waals surface area (Å²) < 4.78 is 0. The summed E-state index contributed by atoms with van der Waals surface area (Å²) in [5, 5.41) is 0. The molecule has 0 aromatic carbocycles. The zero-order valence-electron chi connectivity index (χ0n) is 24.9. The van der Waals surface area contributed by atoms with Gasteiger partial charge in [-0.15, -0.1) is 0 Å². The van der Waals surface area contributed by atoms with Crippen molar-refractivity contribution >= 4 is 0 Å². The predicted molar refractivity (Wildman–Crippen MR) is 149 cm³/mol. The van der Waals surface area contributed by atoms with Crippen molar-refractivity contribution in [2.24, 2.45) is 52.8 Å². The maximum absolute atomic E-state index is 2.57. The Hall–Kier alpha value is 0. The Balaban J connectivity index is 0.000000528. The zero-order valence-corrected chi connectivity index (χ0v) is 24.9. The molecule has 3 fully saturated rings. The molecule has 32 heavy (non-hydrogen) atoms. The van der Waals surface area contributed by atoms with Crippen molar-refractivity contribution in [1.82, 2.24) is 0 Å². The molecule has 0 spiro atoms. The number of hydrogen-bond donors (Lipinski definition) is 0. The molecule has 0 bridgehead atoms. The fourth-order valence-corrected chi connectivity index (χ4v) is 7.51. The number of rotatable bonds is 7. The van der Waals surface area contributed by atoms with Crippen LogP contribution in [0.3, 0.4) is 0 Å². The van der Waals surface area contributed by atoms with Crippen molar-refractivity contribution in [2.45, 2.75) is 154 Å². The molecule has 0 heteroatoms. The first kappa shape index (κ1) is 32.0. The average Bonchev–Trinajstić information content (AvgIpc) is 3.22. The van der Waals surface area contributed by atoms with Gasteiger partial charge in [0.2, 0.25) is 0 Å². The Kier molecular flexibility index (Phi) is 16.6. The third-order valence-corrected chi connectivity index (χ3v) is 9.98. The van der Waals surface area contributed by atoms with Gasteiger partial charge in [0, 0.05) is 0 Å². The minimum Gasteiger partial charge on any atom is -0.0683 e. The molecule has 0 aliphatic heterocycles. The van der Waals surface area contributed by atoms with Crippen molar-refractivity contribution in [1.29, 1.82) is 0 Å². The fraction of sp³-hybridized carbons (Fsp3) is 1.00. The van der Waals surface area contributed by atoms with Gasteiger partial charge in [-0.25, -0.2) is 0 Å². The van der Waals surface area contributed by atoms with Crippen molar-refractivity contribution in [3.05, 3.63) is 0 Å². The smallest absolute Gasteiger partial charge is 0.0210 e. The molecule has 0 aromatic rings. The summed E-state index contributed by atoms with van der Waals surface area (Å²) in [6.45, 7) is 28.1. The minimum atomic E-state index is 0.665. The normalized spacial score (nSPS) is 31.6. The van der Waals surface area contributed by atoms with Gasteiger partial charge in [0.25, 0.3) is 0 Å². The van der Waals surface area contributed by atoms with E-state index >= 15 is 0 Å². The van der Waals surface area contributed by atoms with Crippen LogP contribution < -0.4 is 0 Å². The van der Waals surface area contributed by atoms with E-state index in [-0.39, 0.29) is 0 Å². The Morgan fingerprint density at radius 3 is 1.56 bits per heavy atom. The van der Waals surface area contributed by atoms with E-state index in [1.807, 2.05) is 13.8 Å². The van der Waals surface area contributed by atoms with E-state index in [0.717, 1.165) is 47.3 Å². The molecule has 0 radical (unpaired) electrons. The van der Waals surface area contributed by atoms with Crippen LogP contribution in [0.25, 0.3) is 0 Å². The molecule has 3 saturated carbocycles. The second-order valence-electron chi connectivity index (χ2n) is 12.1. The van der Waals surface area contributed by atoms with E-state index in [4.69, 9.17) is 0 Å². The maximum Gasteiger partial charge on any atom is -0.0210 e. The van der Waals surface area contributed by atoms with Gasteiger partial charge in [-0.1, -0.05) is 147 Å². The van der Waals surface area contributed by atoms with E-state index in [1.165, 1.54) is 70.6 Å².